The van der Waals surface area contributed by atoms with Crippen molar-refractivity contribution in [2.75, 3.05) is 49.1 Å². The molecule has 1 amide bonds. The largest absolute Gasteiger partial charge is 0.495 e. The lowest BCUT2D eigenvalue weighted by molar-refractivity contribution is -0.127. The zero-order valence-corrected chi connectivity index (χ0v) is 25.4. The fraction of sp³-hybridized carbons (Fsp3) is 0.250. The quantitative estimate of drug-likeness (QED) is 0.285. The van der Waals surface area contributed by atoms with Gasteiger partial charge in [0.1, 0.15) is 17.3 Å². The number of amides is 1. The molecule has 230 valence electrons. The number of hydrogen-bond acceptors (Lipinski definition) is 10. The molecule has 45 heavy (non-hydrogen) atoms. The molecule has 13 heteroatoms. The van der Waals surface area contributed by atoms with Gasteiger partial charge in [0.15, 0.2) is 10.6 Å². The second-order valence-corrected chi connectivity index (χ2v) is 12.2. The number of aromatic nitrogens is 2. The van der Waals surface area contributed by atoms with Crippen LogP contribution in [0.15, 0.2) is 84.3 Å². The van der Waals surface area contributed by atoms with Gasteiger partial charge in [-0.3, -0.25) is 14.7 Å². The van der Waals surface area contributed by atoms with E-state index >= 15 is 4.79 Å². The van der Waals surface area contributed by atoms with Crippen molar-refractivity contribution in [3.8, 4) is 17.6 Å². The molecule has 1 atom stereocenters. The maximum absolute atomic E-state index is 15.1. The first-order valence-electron chi connectivity index (χ1n) is 14.2. The third-order valence-electron chi connectivity index (χ3n) is 8.09. The van der Waals surface area contributed by atoms with Gasteiger partial charge in [-0.05, 0) is 61.5 Å². The molecule has 0 radical (unpaired) electrons. The average Bonchev–Trinajstić information content (AvgIpc) is 3.33. The van der Waals surface area contributed by atoms with Crippen molar-refractivity contribution in [2.24, 2.45) is 0 Å². The molecule has 6 rings (SSSR count). The number of rotatable bonds is 8. The molecule has 0 bridgehead atoms. The Morgan fingerprint density at radius 3 is 2.40 bits per heavy atom. The standard InChI is InChI=1S/C32H29FN6O5S/c1-3-44-29-19-23(33)5-7-26(29)32(38-16-14-37(15-17-38)24-10-12-35-13-11-24)27-18-22(20-34)4-8-28(27)39(31(32)40)45(41,42)30-9-6-25(43-2)21-36-30/h4-13,18-19,21H,3,14-17H2,1-2H3. The van der Waals surface area contributed by atoms with Gasteiger partial charge in [-0.1, -0.05) is 0 Å². The molecule has 2 aromatic heterocycles. The Morgan fingerprint density at radius 1 is 1.00 bits per heavy atom. The Hall–Kier alpha value is -5.06. The predicted octanol–water partition coefficient (Wildman–Crippen LogP) is 3.70. The van der Waals surface area contributed by atoms with Crippen LogP contribution < -0.4 is 18.7 Å². The molecule has 1 saturated heterocycles. The highest BCUT2D eigenvalue weighted by Gasteiger charge is 2.61. The molecule has 2 aliphatic heterocycles. The minimum atomic E-state index is -4.58. The number of fused-ring (bicyclic) bond motifs is 1. The maximum atomic E-state index is 15.1. The summed E-state index contributed by atoms with van der Waals surface area (Å²) in [5.74, 6) is -0.953. The number of piperazine rings is 1. The lowest BCUT2D eigenvalue weighted by Crippen LogP contribution is -2.60. The van der Waals surface area contributed by atoms with Crippen LogP contribution in [-0.2, 0) is 20.4 Å². The van der Waals surface area contributed by atoms with E-state index in [1.54, 1.807) is 19.3 Å². The number of nitrogens with zero attached hydrogens (tertiary/aromatic N) is 6. The van der Waals surface area contributed by atoms with Gasteiger partial charge in [0.05, 0.1) is 37.2 Å². The van der Waals surface area contributed by atoms with Crippen LogP contribution in [0.5, 0.6) is 11.5 Å². The summed E-state index contributed by atoms with van der Waals surface area (Å²) in [5.41, 5.74) is 0.00126. The molecule has 4 heterocycles. The molecule has 11 nitrogen and oxygen atoms in total. The first kappa shape index (κ1) is 30.0. The summed E-state index contributed by atoms with van der Waals surface area (Å²) in [7, 11) is -3.15. The lowest BCUT2D eigenvalue weighted by Gasteiger charge is -2.46. The van der Waals surface area contributed by atoms with Crippen LogP contribution >= 0.6 is 0 Å². The number of anilines is 2. The zero-order valence-electron chi connectivity index (χ0n) is 24.6. The summed E-state index contributed by atoms with van der Waals surface area (Å²) >= 11 is 0. The van der Waals surface area contributed by atoms with Crippen LogP contribution in [-0.4, -0.2) is 69.1 Å². The van der Waals surface area contributed by atoms with E-state index in [0.29, 0.717) is 31.9 Å². The number of pyridine rings is 2. The normalized spacial score (nSPS) is 18.4. The van der Waals surface area contributed by atoms with Crippen molar-refractivity contribution in [1.82, 2.24) is 14.9 Å². The number of sulfonamides is 1. The molecule has 0 N–H and O–H groups in total. The number of carbonyl (C=O) groups is 1. The molecule has 2 aromatic carbocycles. The first-order chi connectivity index (χ1) is 21.7. The fourth-order valence-electron chi connectivity index (χ4n) is 6.08. The predicted molar refractivity (Wildman–Crippen MR) is 163 cm³/mol. The van der Waals surface area contributed by atoms with E-state index in [-0.39, 0.29) is 39.8 Å². The van der Waals surface area contributed by atoms with E-state index in [2.05, 4.69) is 20.9 Å². The molecule has 0 aliphatic carbocycles. The summed E-state index contributed by atoms with van der Waals surface area (Å²) in [6.07, 6.45) is 4.66. The number of halogens is 1. The van der Waals surface area contributed by atoms with Gasteiger partial charge in [0.2, 0.25) is 0 Å². The number of nitriles is 1. The van der Waals surface area contributed by atoms with Crippen LogP contribution in [0.2, 0.25) is 0 Å². The molecule has 2 aliphatic rings. The summed E-state index contributed by atoms with van der Waals surface area (Å²) < 4.78 is 55.0. The van der Waals surface area contributed by atoms with Crippen molar-refractivity contribution in [3.05, 3.63) is 102 Å². The van der Waals surface area contributed by atoms with Crippen LogP contribution in [0.4, 0.5) is 15.8 Å². The van der Waals surface area contributed by atoms with Crippen LogP contribution in [0, 0.1) is 17.1 Å². The molecule has 0 saturated carbocycles. The van der Waals surface area contributed by atoms with E-state index in [4.69, 9.17) is 9.47 Å². The van der Waals surface area contributed by atoms with Crippen molar-refractivity contribution in [2.45, 2.75) is 17.5 Å². The number of carbonyl (C=O) groups excluding carboxylic acids is 1. The highest BCUT2D eigenvalue weighted by atomic mass is 32.2. The van der Waals surface area contributed by atoms with Gasteiger partial charge in [-0.25, -0.2) is 9.37 Å². The monoisotopic (exact) mass is 628 g/mol. The maximum Gasteiger partial charge on any atom is 0.288 e. The second kappa shape index (κ2) is 11.8. The van der Waals surface area contributed by atoms with Gasteiger partial charge >= 0.3 is 0 Å². The SMILES string of the molecule is CCOc1cc(F)ccc1C1(N2CCN(c3ccncc3)CC2)C(=O)N(S(=O)(=O)c2ccc(OC)cn2)c2ccc(C#N)cc21. The highest BCUT2D eigenvalue weighted by molar-refractivity contribution is 7.93. The van der Waals surface area contributed by atoms with E-state index in [1.807, 2.05) is 17.0 Å². The van der Waals surface area contributed by atoms with Crippen LogP contribution in [0.3, 0.4) is 0 Å². The highest BCUT2D eigenvalue weighted by Crippen LogP contribution is 2.53. The van der Waals surface area contributed by atoms with Gasteiger partial charge < -0.3 is 14.4 Å². The first-order valence-corrected chi connectivity index (χ1v) is 15.7. The fourth-order valence-corrected chi connectivity index (χ4v) is 7.46. The smallest absolute Gasteiger partial charge is 0.288 e. The summed E-state index contributed by atoms with van der Waals surface area (Å²) in [6, 6.07) is 16.9. The molecule has 4 aromatic rings. The summed E-state index contributed by atoms with van der Waals surface area (Å²) in [5, 5.41) is 9.52. The topological polar surface area (TPSA) is 129 Å². The summed E-state index contributed by atoms with van der Waals surface area (Å²) in [6.45, 7) is 3.52. The van der Waals surface area contributed by atoms with Gasteiger partial charge in [-0.2, -0.15) is 18.0 Å². The van der Waals surface area contributed by atoms with Crippen LogP contribution in [0.25, 0.3) is 0 Å². The number of benzene rings is 2. The van der Waals surface area contributed by atoms with Crippen molar-refractivity contribution >= 4 is 27.3 Å². The zero-order chi connectivity index (χ0) is 31.8. The van der Waals surface area contributed by atoms with Crippen molar-refractivity contribution in [1.29, 1.82) is 5.26 Å². The summed E-state index contributed by atoms with van der Waals surface area (Å²) in [4.78, 5) is 27.3. The molecule has 0 spiro atoms. The number of methoxy groups -OCH3 is 1. The van der Waals surface area contributed by atoms with Gasteiger partial charge in [-0.15, -0.1) is 0 Å². The van der Waals surface area contributed by atoms with Gasteiger partial charge in [0, 0.05) is 61.5 Å². The molecular formula is C32H29FN6O5S. The Balaban J connectivity index is 1.57. The van der Waals surface area contributed by atoms with Crippen molar-refractivity contribution in [3.63, 3.8) is 0 Å². The third kappa shape index (κ3) is 4.92. The Labute approximate surface area is 260 Å². The number of hydrogen-bond donors (Lipinski definition) is 0. The van der Waals surface area contributed by atoms with Gasteiger partial charge in [0.25, 0.3) is 15.9 Å². The van der Waals surface area contributed by atoms with E-state index in [9.17, 15) is 18.1 Å². The minimum absolute atomic E-state index is 0.0694. The van der Waals surface area contributed by atoms with E-state index in [1.165, 1.54) is 61.8 Å². The second-order valence-electron chi connectivity index (χ2n) is 10.4. The lowest BCUT2D eigenvalue weighted by atomic mass is 9.80. The Kier molecular flexibility index (Phi) is 7.86. The van der Waals surface area contributed by atoms with E-state index < -0.39 is 27.3 Å². The Bertz CT molecular complexity index is 1890. The van der Waals surface area contributed by atoms with Crippen molar-refractivity contribution < 1.29 is 27.1 Å². The minimum Gasteiger partial charge on any atom is -0.495 e. The Morgan fingerprint density at radius 2 is 1.76 bits per heavy atom. The number of ether oxygens (including phenoxy) is 2. The third-order valence-corrected chi connectivity index (χ3v) is 9.71. The van der Waals surface area contributed by atoms with E-state index in [0.717, 1.165) is 9.99 Å². The molecule has 1 unspecified atom stereocenters. The van der Waals surface area contributed by atoms with Crippen LogP contribution in [0.1, 0.15) is 23.6 Å². The molecule has 1 fully saturated rings. The average molecular weight is 629 g/mol. The molecular weight excluding hydrogens is 599 g/mol.